The maximum absolute atomic E-state index is 12.0. The van der Waals surface area contributed by atoms with Crippen LogP contribution in [-0.4, -0.2) is 66.2 Å². The van der Waals surface area contributed by atoms with E-state index in [0.717, 1.165) is 6.42 Å². The van der Waals surface area contributed by atoms with E-state index in [-0.39, 0.29) is 37.2 Å². The molecule has 29 heavy (non-hydrogen) atoms. The molecule has 0 spiro atoms. The van der Waals surface area contributed by atoms with Gasteiger partial charge in [0.1, 0.15) is 5.76 Å². The van der Waals surface area contributed by atoms with Gasteiger partial charge in [-0.05, 0) is 19.3 Å². The Morgan fingerprint density at radius 1 is 1.31 bits per heavy atom. The molecular formula is C18H27N5O6. The van der Waals surface area contributed by atoms with Crippen molar-refractivity contribution in [1.82, 2.24) is 26.4 Å². The molecule has 160 valence electrons. The van der Waals surface area contributed by atoms with Gasteiger partial charge >= 0.3 is 0 Å². The second-order valence-electron chi connectivity index (χ2n) is 6.80. The lowest BCUT2D eigenvalue weighted by Gasteiger charge is -2.25. The average molecular weight is 409 g/mol. The van der Waals surface area contributed by atoms with Crippen LogP contribution in [0.25, 0.3) is 0 Å². The summed E-state index contributed by atoms with van der Waals surface area (Å²) in [5.74, 6) is -1.38. The highest BCUT2D eigenvalue weighted by atomic mass is 16.5. The molecule has 0 unspecified atom stereocenters. The summed E-state index contributed by atoms with van der Waals surface area (Å²) in [5.41, 5.74) is 0.0740. The lowest BCUT2D eigenvalue weighted by Crippen LogP contribution is -2.47. The Kier molecular flexibility index (Phi) is 8.59. The molecule has 2 atom stereocenters. The number of rotatable bonds is 10. The Bertz CT molecular complexity index is 734. The van der Waals surface area contributed by atoms with Crippen molar-refractivity contribution in [3.05, 3.63) is 17.5 Å². The van der Waals surface area contributed by atoms with Gasteiger partial charge in [0.2, 0.25) is 17.7 Å². The van der Waals surface area contributed by atoms with Crippen LogP contribution in [0.1, 0.15) is 42.4 Å². The van der Waals surface area contributed by atoms with E-state index in [1.807, 2.05) is 6.92 Å². The van der Waals surface area contributed by atoms with Gasteiger partial charge in [-0.1, -0.05) is 12.1 Å². The Hall–Kier alpha value is -2.95. The van der Waals surface area contributed by atoms with Gasteiger partial charge in [0.15, 0.2) is 5.69 Å². The predicted molar refractivity (Wildman–Crippen MR) is 101 cm³/mol. The molecule has 0 saturated carbocycles. The van der Waals surface area contributed by atoms with E-state index in [9.17, 15) is 24.3 Å². The monoisotopic (exact) mass is 409 g/mol. The van der Waals surface area contributed by atoms with Crippen molar-refractivity contribution in [3.63, 3.8) is 0 Å². The number of amides is 4. The summed E-state index contributed by atoms with van der Waals surface area (Å²) in [4.78, 5) is 47.4. The molecule has 1 fully saturated rings. The minimum Gasteiger partial charge on any atom is -0.394 e. The smallest absolute Gasteiger partial charge is 0.273 e. The fraction of sp³-hybridized carbons (Fsp3) is 0.611. The first kappa shape index (κ1) is 22.3. The van der Waals surface area contributed by atoms with Crippen LogP contribution in [0.15, 0.2) is 10.6 Å². The van der Waals surface area contributed by atoms with Crippen molar-refractivity contribution in [2.24, 2.45) is 5.92 Å². The molecule has 1 saturated heterocycles. The summed E-state index contributed by atoms with van der Waals surface area (Å²) >= 11 is 0. The summed E-state index contributed by atoms with van der Waals surface area (Å²) in [6, 6.07) is 0.912. The van der Waals surface area contributed by atoms with Gasteiger partial charge < -0.3 is 30.9 Å². The first-order valence-electron chi connectivity index (χ1n) is 9.61. The average Bonchev–Trinajstić information content (AvgIpc) is 3.21. The Morgan fingerprint density at radius 3 is 2.72 bits per heavy atom. The van der Waals surface area contributed by atoms with Gasteiger partial charge in [-0.2, -0.15) is 0 Å². The molecule has 1 aliphatic rings. The van der Waals surface area contributed by atoms with Crippen molar-refractivity contribution in [2.75, 3.05) is 26.2 Å². The lowest BCUT2D eigenvalue weighted by molar-refractivity contribution is -0.128. The van der Waals surface area contributed by atoms with Crippen molar-refractivity contribution in [3.8, 4) is 0 Å². The van der Waals surface area contributed by atoms with E-state index in [2.05, 4.69) is 26.4 Å². The van der Waals surface area contributed by atoms with Crippen LogP contribution < -0.4 is 21.3 Å². The third-order valence-electron chi connectivity index (χ3n) is 4.55. The number of nitrogens with zero attached hydrogens (tertiary/aromatic N) is 1. The van der Waals surface area contributed by atoms with Crippen molar-refractivity contribution in [1.29, 1.82) is 0 Å². The topological polar surface area (TPSA) is 163 Å². The summed E-state index contributed by atoms with van der Waals surface area (Å²) in [7, 11) is 0. The third kappa shape index (κ3) is 7.18. The Balaban J connectivity index is 1.68. The zero-order valence-corrected chi connectivity index (χ0v) is 16.3. The molecule has 1 aromatic heterocycles. The van der Waals surface area contributed by atoms with Gasteiger partial charge in [0.25, 0.3) is 5.91 Å². The first-order valence-corrected chi connectivity index (χ1v) is 9.61. The third-order valence-corrected chi connectivity index (χ3v) is 4.55. The van der Waals surface area contributed by atoms with Crippen LogP contribution in [-0.2, 0) is 20.8 Å². The second kappa shape index (κ2) is 11.1. The summed E-state index contributed by atoms with van der Waals surface area (Å²) in [6.07, 6.45) is 2.49. The van der Waals surface area contributed by atoms with Crippen LogP contribution in [0.3, 0.4) is 0 Å². The van der Waals surface area contributed by atoms with Gasteiger partial charge in [-0.3, -0.25) is 19.2 Å². The maximum atomic E-state index is 12.0. The molecule has 0 aromatic carbocycles. The van der Waals surface area contributed by atoms with Gasteiger partial charge in [-0.15, -0.1) is 0 Å². The van der Waals surface area contributed by atoms with Crippen molar-refractivity contribution < 1.29 is 28.8 Å². The highest BCUT2D eigenvalue weighted by Crippen LogP contribution is 2.17. The lowest BCUT2D eigenvalue weighted by atomic mass is 9.92. The number of hydrogen-bond donors (Lipinski definition) is 5. The minimum atomic E-state index is -0.576. The SMILES string of the molecule is CCc1cc(C(=O)NCC(=O)NCC(=O)N[C@H](CO)C[C@@H]2CCCNC2=O)no1. The highest BCUT2D eigenvalue weighted by Gasteiger charge is 2.26. The fourth-order valence-corrected chi connectivity index (χ4v) is 2.94. The molecule has 5 N–H and O–H groups in total. The largest absolute Gasteiger partial charge is 0.394 e. The normalized spacial score (nSPS) is 17.2. The summed E-state index contributed by atoms with van der Waals surface area (Å²) < 4.78 is 4.92. The molecule has 0 bridgehead atoms. The number of piperidine rings is 1. The van der Waals surface area contributed by atoms with E-state index >= 15 is 0 Å². The number of carbonyl (C=O) groups is 4. The van der Waals surface area contributed by atoms with E-state index in [0.29, 0.717) is 31.6 Å². The quantitative estimate of drug-likeness (QED) is 0.313. The number of nitrogens with one attached hydrogen (secondary N) is 4. The van der Waals surface area contributed by atoms with Crippen LogP contribution in [0.4, 0.5) is 0 Å². The predicted octanol–water partition coefficient (Wildman–Crippen LogP) is -1.52. The van der Waals surface area contributed by atoms with Crippen molar-refractivity contribution in [2.45, 2.75) is 38.6 Å². The Labute approximate surface area is 168 Å². The molecule has 11 nitrogen and oxygen atoms in total. The number of aryl methyl sites for hydroxylation is 1. The first-order chi connectivity index (χ1) is 13.9. The van der Waals surface area contributed by atoms with Crippen molar-refractivity contribution >= 4 is 23.6 Å². The molecule has 2 rings (SSSR count). The molecule has 2 heterocycles. The number of aromatic nitrogens is 1. The van der Waals surface area contributed by atoms with Crippen LogP contribution >= 0.6 is 0 Å². The maximum Gasteiger partial charge on any atom is 0.273 e. The molecule has 0 aliphatic carbocycles. The van der Waals surface area contributed by atoms with E-state index in [1.54, 1.807) is 0 Å². The molecule has 1 aromatic rings. The number of carbonyl (C=O) groups excluding carboxylic acids is 4. The van der Waals surface area contributed by atoms with Gasteiger partial charge in [0, 0.05) is 24.9 Å². The number of aliphatic hydroxyl groups is 1. The van der Waals surface area contributed by atoms with E-state index < -0.39 is 23.8 Å². The van der Waals surface area contributed by atoms with E-state index in [4.69, 9.17) is 4.52 Å². The number of aliphatic hydroxyl groups excluding tert-OH is 1. The summed E-state index contributed by atoms with van der Waals surface area (Å²) in [5, 5.41) is 23.2. The molecule has 11 heteroatoms. The van der Waals surface area contributed by atoms with E-state index in [1.165, 1.54) is 6.07 Å². The summed E-state index contributed by atoms with van der Waals surface area (Å²) in [6.45, 7) is 1.55. The second-order valence-corrected chi connectivity index (χ2v) is 6.80. The standard InChI is InChI=1S/C18H27N5O6/c1-2-13-7-14(23-29-13)18(28)21-8-15(25)20-9-16(26)22-12(10-24)6-11-4-3-5-19-17(11)27/h7,11-12,24H,2-6,8-10H2,1H3,(H,19,27)(H,20,25)(H,21,28)(H,22,26)/t11-,12-/m0/s1. The zero-order valence-electron chi connectivity index (χ0n) is 16.3. The Morgan fingerprint density at radius 2 is 2.07 bits per heavy atom. The molecule has 0 radical (unpaired) electrons. The minimum absolute atomic E-state index is 0.0740. The molecule has 4 amide bonds. The molecular weight excluding hydrogens is 382 g/mol. The molecule has 1 aliphatic heterocycles. The highest BCUT2D eigenvalue weighted by molar-refractivity contribution is 5.95. The zero-order chi connectivity index (χ0) is 21.2. The van der Waals surface area contributed by atoms with Crippen LogP contribution in [0.5, 0.6) is 0 Å². The van der Waals surface area contributed by atoms with Gasteiger partial charge in [0.05, 0.1) is 25.7 Å². The van der Waals surface area contributed by atoms with Gasteiger partial charge in [-0.25, -0.2) is 0 Å². The fourth-order valence-electron chi connectivity index (χ4n) is 2.94. The van der Waals surface area contributed by atoms with Crippen LogP contribution in [0.2, 0.25) is 0 Å². The number of hydrogen-bond acceptors (Lipinski definition) is 7. The van der Waals surface area contributed by atoms with Crippen LogP contribution in [0, 0.1) is 5.92 Å².